The van der Waals surface area contributed by atoms with Crippen LogP contribution in [0.2, 0.25) is 5.02 Å². The van der Waals surface area contributed by atoms with Crippen LogP contribution in [0.1, 0.15) is 0 Å². The fourth-order valence-corrected chi connectivity index (χ4v) is 7.54. The zero-order valence-corrected chi connectivity index (χ0v) is 26.4. The van der Waals surface area contributed by atoms with Gasteiger partial charge in [0.15, 0.2) is 0 Å². The summed E-state index contributed by atoms with van der Waals surface area (Å²) in [5.74, 6) is 0. The second-order valence-electron chi connectivity index (χ2n) is 11.1. The molecule has 8 rings (SSSR count). The molecule has 0 aliphatic rings. The van der Waals surface area contributed by atoms with Crippen LogP contribution in [0.15, 0.2) is 170 Å². The first kappa shape index (κ1) is 28.1. The van der Waals surface area contributed by atoms with E-state index in [1.165, 1.54) is 15.5 Å². The molecule has 0 saturated carbocycles. The molecule has 6 aromatic carbocycles. The van der Waals surface area contributed by atoms with Crippen LogP contribution >= 0.6 is 22.9 Å². The van der Waals surface area contributed by atoms with E-state index in [1.54, 1.807) is 17.5 Å². The van der Waals surface area contributed by atoms with Gasteiger partial charge in [0, 0.05) is 71.6 Å². The number of hydrogen-bond donors (Lipinski definition) is 0. The van der Waals surface area contributed by atoms with E-state index in [4.69, 9.17) is 11.6 Å². The number of rotatable bonds is 7. The Morgan fingerprint density at radius 3 is 1.74 bits per heavy atom. The quantitative estimate of drug-likeness (QED) is 0.175. The minimum absolute atomic E-state index is 0.703. The lowest BCUT2D eigenvalue weighted by Gasteiger charge is -2.27. The predicted octanol–water partition coefficient (Wildman–Crippen LogP) is 12.7. The average molecular weight is 630 g/mol. The molecule has 0 radical (unpaired) electrons. The van der Waals surface area contributed by atoms with E-state index >= 15 is 0 Å². The minimum atomic E-state index is 0.703. The van der Waals surface area contributed by atoms with Crippen molar-refractivity contribution in [2.75, 3.05) is 9.80 Å². The summed E-state index contributed by atoms with van der Waals surface area (Å²) in [6.45, 7) is 0. The fourth-order valence-electron chi connectivity index (χ4n) is 6.12. The Kier molecular flexibility index (Phi) is 7.43. The second-order valence-corrected chi connectivity index (χ2v) is 12.6. The van der Waals surface area contributed by atoms with Gasteiger partial charge in [-0.2, -0.15) is 0 Å². The summed E-state index contributed by atoms with van der Waals surface area (Å²) in [5.41, 5.74) is 8.61. The van der Waals surface area contributed by atoms with Crippen LogP contribution in [-0.2, 0) is 0 Å². The molecule has 0 aliphatic heterocycles. The summed E-state index contributed by atoms with van der Waals surface area (Å²) in [5, 5.41) is 3.06. The van der Waals surface area contributed by atoms with Crippen LogP contribution in [0.3, 0.4) is 0 Å². The highest BCUT2D eigenvalue weighted by molar-refractivity contribution is 7.26. The van der Waals surface area contributed by atoms with Gasteiger partial charge >= 0.3 is 0 Å². The van der Waals surface area contributed by atoms with Gasteiger partial charge in [0.25, 0.3) is 0 Å². The van der Waals surface area contributed by atoms with Gasteiger partial charge in [-0.25, -0.2) is 0 Å². The van der Waals surface area contributed by atoms with Crippen molar-refractivity contribution in [2.45, 2.75) is 0 Å². The highest BCUT2D eigenvalue weighted by Gasteiger charge is 2.21. The number of thiophene rings is 1. The number of halogens is 1. The molecule has 2 heterocycles. The van der Waals surface area contributed by atoms with Gasteiger partial charge in [-0.15, -0.1) is 11.3 Å². The lowest BCUT2D eigenvalue weighted by Crippen LogP contribution is -2.11. The monoisotopic (exact) mass is 629 g/mol. The highest BCUT2D eigenvalue weighted by atomic mass is 35.5. The molecule has 0 atom stereocenters. The van der Waals surface area contributed by atoms with E-state index in [-0.39, 0.29) is 0 Å². The smallest absolute Gasteiger partial charge is 0.0569 e. The third-order valence-electron chi connectivity index (χ3n) is 8.14. The number of aromatic nitrogens is 1. The van der Waals surface area contributed by atoms with Gasteiger partial charge in [-0.3, -0.25) is 4.98 Å². The van der Waals surface area contributed by atoms with Gasteiger partial charge in [-0.1, -0.05) is 84.4 Å². The molecule has 0 bridgehead atoms. The predicted molar refractivity (Wildman–Crippen MR) is 197 cm³/mol. The maximum absolute atomic E-state index is 6.90. The Balaban J connectivity index is 1.37. The molecule has 3 nitrogen and oxygen atoms in total. The summed E-state index contributed by atoms with van der Waals surface area (Å²) < 4.78 is 2.35. The third-order valence-corrected chi connectivity index (χ3v) is 9.48. The number of anilines is 6. The van der Waals surface area contributed by atoms with Gasteiger partial charge in [-0.05, 0) is 90.5 Å². The molecule has 8 aromatic rings. The first-order valence-corrected chi connectivity index (χ1v) is 16.3. The molecular formula is C41H28ClN3S. The first-order valence-electron chi connectivity index (χ1n) is 15.1. The SMILES string of the molecule is Clc1cc(N(c2ccccc2)c2cccc(-c3cccnc3)c2)c2c(c1)sc1ccc(N(c3ccccc3)c3ccccc3)cc12. The minimum Gasteiger partial charge on any atom is -0.310 e. The zero-order valence-electron chi connectivity index (χ0n) is 24.8. The summed E-state index contributed by atoms with van der Waals surface area (Å²) in [4.78, 5) is 8.99. The van der Waals surface area contributed by atoms with E-state index in [0.717, 1.165) is 50.0 Å². The second kappa shape index (κ2) is 12.2. The third kappa shape index (κ3) is 5.28. The van der Waals surface area contributed by atoms with Crippen LogP contribution in [0.4, 0.5) is 34.1 Å². The van der Waals surface area contributed by atoms with Crippen LogP contribution in [0.25, 0.3) is 31.3 Å². The molecule has 220 valence electrons. The Hall–Kier alpha value is -5.42. The maximum atomic E-state index is 6.90. The lowest BCUT2D eigenvalue weighted by atomic mass is 10.0. The van der Waals surface area contributed by atoms with Crippen LogP contribution in [0.5, 0.6) is 0 Å². The molecular weight excluding hydrogens is 602 g/mol. The van der Waals surface area contributed by atoms with Gasteiger partial charge < -0.3 is 9.80 Å². The zero-order chi connectivity index (χ0) is 30.9. The summed E-state index contributed by atoms with van der Waals surface area (Å²) >= 11 is 8.67. The molecule has 0 amide bonds. The standard InChI is InChI=1S/C41H28ClN3S/c42-31-25-38(45(34-18-8-3-9-19-34)35-20-10-12-29(24-35)30-13-11-23-43-28-30)41-37-27-36(21-22-39(37)46-40(41)26-31)44(32-14-4-1-5-15-32)33-16-6-2-7-17-33/h1-28H. The van der Waals surface area contributed by atoms with Crippen LogP contribution in [0, 0.1) is 0 Å². The normalized spacial score (nSPS) is 11.2. The number of nitrogens with zero attached hydrogens (tertiary/aromatic N) is 3. The topological polar surface area (TPSA) is 19.4 Å². The van der Waals surface area contributed by atoms with Crippen molar-refractivity contribution < 1.29 is 0 Å². The van der Waals surface area contributed by atoms with Crippen molar-refractivity contribution >= 4 is 77.2 Å². The van der Waals surface area contributed by atoms with Crippen LogP contribution in [-0.4, -0.2) is 4.98 Å². The Bertz CT molecular complexity index is 2230. The average Bonchev–Trinajstić information content (AvgIpc) is 3.48. The molecule has 5 heteroatoms. The van der Waals surface area contributed by atoms with Crippen molar-refractivity contribution in [1.29, 1.82) is 0 Å². The Morgan fingerprint density at radius 2 is 1.09 bits per heavy atom. The molecule has 0 aliphatic carbocycles. The molecule has 0 saturated heterocycles. The molecule has 0 fully saturated rings. The van der Waals surface area contributed by atoms with Crippen molar-refractivity contribution in [2.24, 2.45) is 0 Å². The first-order chi connectivity index (χ1) is 22.7. The summed E-state index contributed by atoms with van der Waals surface area (Å²) in [6.07, 6.45) is 3.71. The van der Waals surface area contributed by atoms with E-state index in [0.29, 0.717) is 5.02 Å². The largest absolute Gasteiger partial charge is 0.310 e. The Morgan fingerprint density at radius 1 is 0.478 bits per heavy atom. The number of benzene rings is 6. The molecule has 46 heavy (non-hydrogen) atoms. The van der Waals surface area contributed by atoms with Crippen molar-refractivity contribution in [3.8, 4) is 11.1 Å². The van der Waals surface area contributed by atoms with Gasteiger partial charge in [0.05, 0.1) is 5.69 Å². The highest BCUT2D eigenvalue weighted by Crippen LogP contribution is 2.48. The van der Waals surface area contributed by atoms with Crippen LogP contribution < -0.4 is 9.80 Å². The van der Waals surface area contributed by atoms with Crippen molar-refractivity contribution in [3.05, 3.63) is 175 Å². The molecule has 0 unspecified atom stereocenters. The number of hydrogen-bond acceptors (Lipinski definition) is 4. The van der Waals surface area contributed by atoms with Gasteiger partial charge in [0.1, 0.15) is 0 Å². The molecule has 2 aromatic heterocycles. The van der Waals surface area contributed by atoms with E-state index in [2.05, 4.69) is 166 Å². The van der Waals surface area contributed by atoms with Crippen molar-refractivity contribution in [1.82, 2.24) is 4.98 Å². The lowest BCUT2D eigenvalue weighted by molar-refractivity contribution is 1.29. The summed E-state index contributed by atoms with van der Waals surface area (Å²) in [6, 6.07) is 55.2. The van der Waals surface area contributed by atoms with E-state index in [9.17, 15) is 0 Å². The van der Waals surface area contributed by atoms with E-state index in [1.807, 2.05) is 12.3 Å². The molecule has 0 spiro atoms. The fraction of sp³-hybridized carbons (Fsp3) is 0. The Labute approximate surface area is 277 Å². The maximum Gasteiger partial charge on any atom is 0.0569 e. The number of fused-ring (bicyclic) bond motifs is 3. The molecule has 0 N–H and O–H groups in total. The van der Waals surface area contributed by atoms with Gasteiger partial charge in [0.2, 0.25) is 0 Å². The number of para-hydroxylation sites is 3. The number of pyridine rings is 1. The van der Waals surface area contributed by atoms with E-state index < -0.39 is 0 Å². The van der Waals surface area contributed by atoms with Crippen molar-refractivity contribution in [3.63, 3.8) is 0 Å². The summed E-state index contributed by atoms with van der Waals surface area (Å²) in [7, 11) is 0.